The molecule has 11 heteroatoms. The van der Waals surface area contributed by atoms with E-state index in [9.17, 15) is 10.4 Å². The lowest BCUT2D eigenvalue weighted by Crippen LogP contribution is -2.24. The maximum atomic E-state index is 10.4. The van der Waals surface area contributed by atoms with Crippen LogP contribution in [-0.2, 0) is 11.3 Å². The smallest absolute Gasteiger partial charge is 0.236 e. The van der Waals surface area contributed by atoms with E-state index in [4.69, 9.17) is 16.3 Å². The molecule has 1 atom stereocenters. The van der Waals surface area contributed by atoms with Crippen molar-refractivity contribution in [3.05, 3.63) is 83.7 Å². The number of aliphatic hydroxyl groups is 1. The van der Waals surface area contributed by atoms with E-state index >= 15 is 0 Å². The van der Waals surface area contributed by atoms with Gasteiger partial charge in [-0.2, -0.15) is 10.4 Å². The van der Waals surface area contributed by atoms with Crippen molar-refractivity contribution >= 4 is 28.3 Å². The summed E-state index contributed by atoms with van der Waals surface area (Å²) in [6, 6.07) is 15.0. The number of nitrogens with zero attached hydrogens (tertiary/aromatic N) is 6. The number of ether oxygens (including phenoxy) is 1. The molecule has 172 valence electrons. The standard InChI is InChI=1S/C24H17ClN8O2/c25-18-7-16(6-17-11-29-33-20(17)18)22-21(15-4-2-1-3-5-15)31-23(19(8-26)30-22)32-24(34)35-12-14-9-27-13-28-10-14/h1-7,9-11,13,24,34H,12H2,(H,29,33)(H,31,32). The quantitative estimate of drug-likeness (QED) is 0.292. The minimum Gasteiger partial charge on any atom is -0.351 e. The third kappa shape index (κ3) is 4.78. The number of halogens is 1. The molecule has 3 aromatic heterocycles. The molecule has 0 saturated carbocycles. The van der Waals surface area contributed by atoms with Crippen molar-refractivity contribution in [2.45, 2.75) is 13.0 Å². The molecule has 0 aliphatic heterocycles. The zero-order valence-electron chi connectivity index (χ0n) is 18.1. The van der Waals surface area contributed by atoms with E-state index in [1.165, 1.54) is 6.33 Å². The maximum absolute atomic E-state index is 10.4. The first-order valence-corrected chi connectivity index (χ1v) is 10.8. The van der Waals surface area contributed by atoms with Crippen LogP contribution in [0.3, 0.4) is 0 Å². The van der Waals surface area contributed by atoms with Crippen LogP contribution in [0.25, 0.3) is 33.4 Å². The van der Waals surface area contributed by atoms with E-state index in [1.807, 2.05) is 42.5 Å². The first-order valence-electron chi connectivity index (χ1n) is 10.4. The summed E-state index contributed by atoms with van der Waals surface area (Å²) in [6.45, 7) is 0.0527. The molecule has 0 aliphatic carbocycles. The van der Waals surface area contributed by atoms with Crippen molar-refractivity contribution in [2.24, 2.45) is 0 Å². The Labute approximate surface area is 204 Å². The first-order chi connectivity index (χ1) is 17.1. The van der Waals surface area contributed by atoms with Crippen LogP contribution >= 0.6 is 11.6 Å². The molecule has 0 radical (unpaired) electrons. The lowest BCUT2D eigenvalue weighted by molar-refractivity contribution is -0.0875. The molecule has 0 saturated heterocycles. The molecule has 3 heterocycles. The number of anilines is 1. The SMILES string of the molecule is N#Cc1nc(-c2cc(Cl)c3[nH]ncc3c2)c(-c2ccccc2)nc1NC(O)OCc1cncnc1. The van der Waals surface area contributed by atoms with Gasteiger partial charge >= 0.3 is 0 Å². The third-order valence-electron chi connectivity index (χ3n) is 5.11. The van der Waals surface area contributed by atoms with Crippen LogP contribution in [0.4, 0.5) is 5.82 Å². The van der Waals surface area contributed by atoms with Gasteiger partial charge in [0.15, 0.2) is 11.5 Å². The fraction of sp³-hybridized carbons (Fsp3) is 0.0833. The van der Waals surface area contributed by atoms with Gasteiger partial charge in [-0.05, 0) is 12.1 Å². The molecule has 10 nitrogen and oxygen atoms in total. The van der Waals surface area contributed by atoms with Crippen LogP contribution in [0.15, 0.2) is 67.4 Å². The van der Waals surface area contributed by atoms with Crippen LogP contribution in [0, 0.1) is 11.3 Å². The molecular formula is C24H17ClN8O2. The largest absolute Gasteiger partial charge is 0.351 e. The number of aromatic nitrogens is 6. The van der Waals surface area contributed by atoms with Crippen molar-refractivity contribution in [1.29, 1.82) is 5.26 Å². The van der Waals surface area contributed by atoms with Gasteiger partial charge in [-0.15, -0.1) is 0 Å². The summed E-state index contributed by atoms with van der Waals surface area (Å²) in [4.78, 5) is 17.0. The van der Waals surface area contributed by atoms with Gasteiger partial charge in [0.05, 0.1) is 34.7 Å². The molecule has 0 bridgehead atoms. The lowest BCUT2D eigenvalue weighted by atomic mass is 10.0. The Bertz CT molecular complexity index is 1520. The highest BCUT2D eigenvalue weighted by atomic mass is 35.5. The van der Waals surface area contributed by atoms with Crippen molar-refractivity contribution in [2.75, 3.05) is 5.32 Å². The van der Waals surface area contributed by atoms with Gasteiger partial charge in [0, 0.05) is 34.5 Å². The number of rotatable bonds is 7. The second-order valence-electron chi connectivity index (χ2n) is 7.44. The summed E-state index contributed by atoms with van der Waals surface area (Å²) in [6.07, 6.45) is 4.75. The molecule has 35 heavy (non-hydrogen) atoms. The molecule has 3 N–H and O–H groups in total. The Kier molecular flexibility index (Phi) is 6.28. The highest BCUT2D eigenvalue weighted by molar-refractivity contribution is 6.35. The van der Waals surface area contributed by atoms with Crippen molar-refractivity contribution in [3.8, 4) is 28.6 Å². The number of hydrogen-bond acceptors (Lipinski definition) is 9. The number of hydrogen-bond donors (Lipinski definition) is 3. The Morgan fingerprint density at radius 2 is 1.83 bits per heavy atom. The molecule has 0 spiro atoms. The van der Waals surface area contributed by atoms with Crippen LogP contribution in [0.1, 0.15) is 11.3 Å². The predicted molar refractivity (Wildman–Crippen MR) is 129 cm³/mol. The molecule has 0 amide bonds. The molecule has 0 aliphatic rings. The normalized spacial score (nSPS) is 11.8. The van der Waals surface area contributed by atoms with Crippen molar-refractivity contribution in [1.82, 2.24) is 30.1 Å². The fourth-order valence-electron chi connectivity index (χ4n) is 3.50. The monoisotopic (exact) mass is 484 g/mol. The number of nitrogens with one attached hydrogen (secondary N) is 2. The fourth-order valence-corrected chi connectivity index (χ4v) is 3.77. The van der Waals surface area contributed by atoms with Crippen LogP contribution in [0.2, 0.25) is 5.02 Å². The minimum atomic E-state index is -1.46. The minimum absolute atomic E-state index is 0.0196. The number of aromatic amines is 1. The molecule has 2 aromatic carbocycles. The van der Waals surface area contributed by atoms with E-state index in [0.717, 1.165) is 10.9 Å². The average Bonchev–Trinajstić information content (AvgIpc) is 3.38. The number of H-pyrrole nitrogens is 1. The molecule has 0 fully saturated rings. The zero-order chi connectivity index (χ0) is 24.2. The summed E-state index contributed by atoms with van der Waals surface area (Å²) in [5.74, 6) is 0.0717. The van der Waals surface area contributed by atoms with Gasteiger partial charge in [-0.3, -0.25) is 5.10 Å². The molecular weight excluding hydrogens is 468 g/mol. The topological polar surface area (TPSA) is 146 Å². The third-order valence-corrected chi connectivity index (χ3v) is 5.40. The van der Waals surface area contributed by atoms with E-state index in [2.05, 4.69) is 35.5 Å². The Hall–Kier alpha value is -4.43. The number of aliphatic hydroxyl groups excluding tert-OH is 1. The van der Waals surface area contributed by atoms with Crippen molar-refractivity contribution in [3.63, 3.8) is 0 Å². The Morgan fingerprint density at radius 3 is 2.60 bits per heavy atom. The van der Waals surface area contributed by atoms with E-state index < -0.39 is 6.41 Å². The summed E-state index contributed by atoms with van der Waals surface area (Å²) in [5, 5.41) is 31.0. The molecule has 5 aromatic rings. The summed E-state index contributed by atoms with van der Waals surface area (Å²) >= 11 is 6.46. The van der Waals surface area contributed by atoms with Crippen LogP contribution in [-0.4, -0.2) is 41.7 Å². The summed E-state index contributed by atoms with van der Waals surface area (Å²) in [7, 11) is 0. The van der Waals surface area contributed by atoms with Crippen LogP contribution < -0.4 is 5.32 Å². The highest BCUT2D eigenvalue weighted by Gasteiger charge is 2.20. The van der Waals surface area contributed by atoms with Gasteiger partial charge in [0.25, 0.3) is 0 Å². The second kappa shape index (κ2) is 9.82. The average molecular weight is 485 g/mol. The first kappa shape index (κ1) is 22.4. The van der Waals surface area contributed by atoms with E-state index in [1.54, 1.807) is 24.7 Å². The Morgan fingerprint density at radius 1 is 1.06 bits per heavy atom. The molecule has 5 rings (SSSR count). The maximum Gasteiger partial charge on any atom is 0.236 e. The van der Waals surface area contributed by atoms with Gasteiger partial charge < -0.3 is 15.2 Å². The predicted octanol–water partition coefficient (Wildman–Crippen LogP) is 3.91. The summed E-state index contributed by atoms with van der Waals surface area (Å²) in [5.41, 5.74) is 3.74. The highest BCUT2D eigenvalue weighted by Crippen LogP contribution is 2.35. The summed E-state index contributed by atoms with van der Waals surface area (Å²) < 4.78 is 5.41. The second-order valence-corrected chi connectivity index (χ2v) is 7.85. The molecule has 1 unspecified atom stereocenters. The van der Waals surface area contributed by atoms with E-state index in [-0.39, 0.29) is 18.1 Å². The zero-order valence-corrected chi connectivity index (χ0v) is 18.8. The van der Waals surface area contributed by atoms with Gasteiger partial charge in [0.2, 0.25) is 6.41 Å². The lowest BCUT2D eigenvalue weighted by Gasteiger charge is -2.17. The number of nitriles is 1. The van der Waals surface area contributed by atoms with Gasteiger partial charge in [0.1, 0.15) is 12.4 Å². The number of benzene rings is 2. The Balaban J connectivity index is 1.54. The van der Waals surface area contributed by atoms with Gasteiger partial charge in [-0.25, -0.2) is 19.9 Å². The van der Waals surface area contributed by atoms with E-state index in [0.29, 0.717) is 33.1 Å². The van der Waals surface area contributed by atoms with Crippen LogP contribution in [0.5, 0.6) is 0 Å². The van der Waals surface area contributed by atoms with Crippen molar-refractivity contribution < 1.29 is 9.84 Å². The van der Waals surface area contributed by atoms with Gasteiger partial charge in [-0.1, -0.05) is 41.9 Å². The number of fused-ring (bicyclic) bond motifs is 1.